The molecule has 0 amide bonds. The van der Waals surface area contributed by atoms with Gasteiger partial charge in [-0.2, -0.15) is 20.2 Å². The second-order valence-corrected chi connectivity index (χ2v) is 17.1. The Kier molecular flexibility index (Phi) is 8.10. The van der Waals surface area contributed by atoms with E-state index in [4.69, 9.17) is 4.55 Å². The average Bonchev–Trinajstić information content (AvgIpc) is 3.09. The van der Waals surface area contributed by atoms with Crippen molar-refractivity contribution in [2.45, 2.75) is 103 Å². The van der Waals surface area contributed by atoms with Gasteiger partial charge in [-0.15, -0.1) is 0 Å². The van der Waals surface area contributed by atoms with Crippen molar-refractivity contribution >= 4 is 27.7 Å². The van der Waals surface area contributed by atoms with Gasteiger partial charge < -0.3 is 5.11 Å². The highest BCUT2D eigenvalue weighted by Gasteiger charge is 2.62. The zero-order valence-corrected chi connectivity index (χ0v) is 24.8. The molecule has 1 aliphatic heterocycles. The number of carbonyl (C=O) groups excluding carboxylic acids is 1. The summed E-state index contributed by atoms with van der Waals surface area (Å²) < 4.78 is 26.2. The molecular weight excluding hydrogens is 494 g/mol. The third kappa shape index (κ3) is 5.59. The molecule has 0 radical (unpaired) electrons. The predicted molar refractivity (Wildman–Crippen MR) is 147 cm³/mol. The summed E-state index contributed by atoms with van der Waals surface area (Å²) in [4.78, 5) is 15.1. The molecule has 0 aromatic heterocycles. The summed E-state index contributed by atoms with van der Waals surface area (Å²) >= 11 is 2.09. The van der Waals surface area contributed by atoms with E-state index in [0.717, 1.165) is 43.7 Å². The molecule has 1 saturated heterocycles. The van der Waals surface area contributed by atoms with Crippen LogP contribution in [0.15, 0.2) is 0 Å². The van der Waals surface area contributed by atoms with Crippen LogP contribution in [0.3, 0.4) is 0 Å². The van der Waals surface area contributed by atoms with Crippen LogP contribution in [0, 0.1) is 40.4 Å². The zero-order chi connectivity index (χ0) is 26.7. The monoisotopic (exact) mass is 543 g/mol. The molecule has 6 nitrogen and oxygen atoms in total. The molecular formula is C28H49NO5S2. The largest absolute Gasteiger partial charge is 0.391 e. The number of nitrogens with zero attached hydrogens (tertiary/aromatic N) is 1. The molecule has 4 saturated carbocycles. The van der Waals surface area contributed by atoms with E-state index in [-0.39, 0.29) is 11.5 Å². The van der Waals surface area contributed by atoms with Crippen LogP contribution in [0.1, 0.15) is 86.0 Å². The Morgan fingerprint density at radius 2 is 1.64 bits per heavy atom. The maximum atomic E-state index is 12.4. The van der Waals surface area contributed by atoms with E-state index in [1.54, 1.807) is 0 Å². The number of carbonyl (C=O) groups is 1. The first-order chi connectivity index (χ1) is 16.6. The highest BCUT2D eigenvalue weighted by Crippen LogP contribution is 2.67. The molecule has 0 bridgehead atoms. The first-order valence-corrected chi connectivity index (χ1v) is 16.9. The van der Waals surface area contributed by atoms with Crippen LogP contribution in [0.2, 0.25) is 0 Å². The Hall–Kier alpha value is -0.150. The van der Waals surface area contributed by atoms with Crippen LogP contribution in [0.25, 0.3) is 0 Å². The van der Waals surface area contributed by atoms with Crippen LogP contribution in [-0.2, 0) is 14.9 Å². The van der Waals surface area contributed by atoms with Crippen molar-refractivity contribution in [3.05, 3.63) is 0 Å². The molecule has 4 aliphatic carbocycles. The fourth-order valence-corrected chi connectivity index (χ4v) is 10.8. The third-order valence-electron chi connectivity index (χ3n) is 11.1. The van der Waals surface area contributed by atoms with Crippen LogP contribution >= 0.6 is 11.8 Å². The quantitative estimate of drug-likeness (QED) is 0.478. The SMILES string of the molecule is CC(=O)[C@H]1CC[C@H]2[C@@H]3CC[C@H]4C[C@H](O)[C@@H](N5CCSC(C)(C)C5)C[C@]4(C)[C@H]3CC[C@]12C.CS(=O)(=O)O. The van der Waals surface area contributed by atoms with Crippen LogP contribution < -0.4 is 0 Å². The number of hydrogen-bond acceptors (Lipinski definition) is 6. The van der Waals surface area contributed by atoms with Gasteiger partial charge in [0.1, 0.15) is 5.78 Å². The Balaban J connectivity index is 0.000000556. The second-order valence-electron chi connectivity index (χ2n) is 13.8. The van der Waals surface area contributed by atoms with Crippen LogP contribution in [-0.4, -0.2) is 70.8 Å². The maximum Gasteiger partial charge on any atom is 0.261 e. The molecule has 36 heavy (non-hydrogen) atoms. The van der Waals surface area contributed by atoms with Gasteiger partial charge in [0.05, 0.1) is 12.4 Å². The minimum absolute atomic E-state index is 0.157. The minimum atomic E-state index is -3.67. The fraction of sp³-hybridized carbons (Fsp3) is 0.964. The fourth-order valence-electron chi connectivity index (χ4n) is 9.65. The number of aliphatic hydroxyl groups is 1. The minimum Gasteiger partial charge on any atom is -0.391 e. The van der Waals surface area contributed by atoms with Crippen LogP contribution in [0.5, 0.6) is 0 Å². The van der Waals surface area contributed by atoms with Crippen molar-refractivity contribution < 1.29 is 22.9 Å². The number of aliphatic hydroxyl groups excluding tert-OH is 1. The van der Waals surface area contributed by atoms with E-state index >= 15 is 0 Å². The number of Topliss-reactive ketones (excluding diaryl/α,β-unsaturated/α-hetero) is 1. The van der Waals surface area contributed by atoms with Crippen molar-refractivity contribution in [3.63, 3.8) is 0 Å². The van der Waals surface area contributed by atoms with Crippen molar-refractivity contribution in [2.75, 3.05) is 25.1 Å². The first kappa shape index (κ1) is 28.8. The highest BCUT2D eigenvalue weighted by atomic mass is 32.2. The summed E-state index contributed by atoms with van der Waals surface area (Å²) in [5.74, 6) is 4.95. The van der Waals surface area contributed by atoms with E-state index in [1.165, 1.54) is 44.3 Å². The Morgan fingerprint density at radius 3 is 2.25 bits per heavy atom. The summed E-state index contributed by atoms with van der Waals surface area (Å²) in [6.45, 7) is 13.9. The Labute approximate surface area is 223 Å². The molecule has 0 aromatic rings. The lowest BCUT2D eigenvalue weighted by Gasteiger charge is -2.63. The van der Waals surface area contributed by atoms with Crippen molar-refractivity contribution in [2.24, 2.45) is 40.4 Å². The normalized spacial score (nSPS) is 46.5. The van der Waals surface area contributed by atoms with E-state index < -0.39 is 10.1 Å². The van der Waals surface area contributed by atoms with Gasteiger partial charge in [-0.25, -0.2) is 0 Å². The molecule has 5 aliphatic rings. The first-order valence-electron chi connectivity index (χ1n) is 14.0. The van der Waals surface area contributed by atoms with Crippen molar-refractivity contribution in [3.8, 4) is 0 Å². The number of fused-ring (bicyclic) bond motifs is 5. The van der Waals surface area contributed by atoms with Crippen molar-refractivity contribution in [1.82, 2.24) is 4.90 Å². The molecule has 208 valence electrons. The molecule has 5 fully saturated rings. The number of hydrogen-bond donors (Lipinski definition) is 2. The molecule has 5 rings (SSSR count). The van der Waals surface area contributed by atoms with E-state index in [0.29, 0.717) is 40.1 Å². The van der Waals surface area contributed by atoms with Gasteiger partial charge >= 0.3 is 0 Å². The molecule has 0 spiro atoms. The maximum absolute atomic E-state index is 12.4. The summed E-state index contributed by atoms with van der Waals surface area (Å²) in [7, 11) is -3.67. The third-order valence-corrected chi connectivity index (χ3v) is 12.4. The summed E-state index contributed by atoms with van der Waals surface area (Å²) in [6, 6.07) is 0.335. The molecule has 8 heteroatoms. The van der Waals surface area contributed by atoms with Crippen LogP contribution in [0.4, 0.5) is 0 Å². The Bertz CT molecular complexity index is 930. The van der Waals surface area contributed by atoms with Gasteiger partial charge in [-0.05, 0) is 107 Å². The summed E-state index contributed by atoms with van der Waals surface area (Å²) in [5.41, 5.74) is 0.606. The smallest absolute Gasteiger partial charge is 0.261 e. The lowest BCUT2D eigenvalue weighted by molar-refractivity contribution is -0.152. The number of ketones is 1. The predicted octanol–water partition coefficient (Wildman–Crippen LogP) is 4.91. The topological polar surface area (TPSA) is 94.9 Å². The van der Waals surface area contributed by atoms with Gasteiger partial charge in [-0.3, -0.25) is 14.2 Å². The van der Waals surface area contributed by atoms with Gasteiger partial charge in [0, 0.05) is 35.5 Å². The molecule has 9 atom stereocenters. The molecule has 0 unspecified atom stereocenters. The molecule has 0 aromatic carbocycles. The summed E-state index contributed by atoms with van der Waals surface area (Å²) in [5, 5.41) is 11.2. The van der Waals surface area contributed by atoms with Gasteiger partial charge in [-0.1, -0.05) is 13.8 Å². The number of thioether (sulfide) groups is 1. The van der Waals surface area contributed by atoms with Gasteiger partial charge in [0.2, 0.25) is 0 Å². The Morgan fingerprint density at radius 1 is 1.00 bits per heavy atom. The second kappa shape index (κ2) is 10.1. The molecule has 2 N–H and O–H groups in total. The highest BCUT2D eigenvalue weighted by molar-refractivity contribution is 8.00. The van der Waals surface area contributed by atoms with E-state index in [1.807, 2.05) is 6.92 Å². The average molecular weight is 544 g/mol. The van der Waals surface area contributed by atoms with E-state index in [2.05, 4.69) is 44.4 Å². The molecule has 1 heterocycles. The standard InChI is InChI=1S/C27H45NO2S.CH4O3S/c1-17(29)20-8-9-21-19-7-6-18-14-24(30)23(28-12-13-31-25(2,3)16-28)15-27(18,5)22(19)10-11-26(20,21)4;1-5(2,3)4/h18-24,30H,6-16H2,1-5H3;1H3,(H,2,3,4)/t18-,19-,20+,21-,22-,23-,24-,26+,27-;/m0./s1. The van der Waals surface area contributed by atoms with E-state index in [9.17, 15) is 18.3 Å². The lowest BCUT2D eigenvalue weighted by Crippen LogP contribution is -2.61. The summed E-state index contributed by atoms with van der Waals surface area (Å²) in [6.07, 6.45) is 10.3. The zero-order valence-electron chi connectivity index (χ0n) is 23.2. The lowest BCUT2D eigenvalue weighted by atomic mass is 9.44. The number of rotatable bonds is 2. The van der Waals surface area contributed by atoms with Crippen molar-refractivity contribution in [1.29, 1.82) is 0 Å². The van der Waals surface area contributed by atoms with Gasteiger partial charge in [0.15, 0.2) is 0 Å². The van der Waals surface area contributed by atoms with Gasteiger partial charge in [0.25, 0.3) is 10.1 Å².